The predicted molar refractivity (Wildman–Crippen MR) is 190 cm³/mol. The van der Waals surface area contributed by atoms with Crippen LogP contribution >= 0.6 is 0 Å². The minimum Gasteiger partial charge on any atom is -0.489 e. The topological polar surface area (TPSA) is 192 Å². The second-order valence-corrected chi connectivity index (χ2v) is 12.4. The first-order chi connectivity index (χ1) is 22.8. The van der Waals surface area contributed by atoms with E-state index in [9.17, 15) is 39.6 Å². The fourth-order valence-electron chi connectivity index (χ4n) is 5.64. The average molecular weight is 713 g/mol. The van der Waals surface area contributed by atoms with Gasteiger partial charge >= 0.3 is 23.9 Å². The molecule has 4 rings (SSSR count). The molecular formula is C36H46N2Na2O10. The monoisotopic (exact) mass is 712 g/mol. The van der Waals surface area contributed by atoms with Crippen molar-refractivity contribution in [3.8, 4) is 11.5 Å². The molecule has 50 heavy (non-hydrogen) atoms. The van der Waals surface area contributed by atoms with Crippen molar-refractivity contribution in [3.63, 3.8) is 0 Å². The Labute approximate surface area is 337 Å². The van der Waals surface area contributed by atoms with Crippen molar-refractivity contribution in [3.05, 3.63) is 82.0 Å². The minimum atomic E-state index is -1.20. The Kier molecular flexibility index (Phi) is 20.2. The molecule has 2 radical (unpaired) electrons. The molecule has 0 aliphatic carbocycles. The van der Waals surface area contributed by atoms with Gasteiger partial charge in [-0.3, -0.25) is 0 Å². The molecule has 2 aliphatic rings. The van der Waals surface area contributed by atoms with E-state index in [0.29, 0.717) is 0 Å². The summed E-state index contributed by atoms with van der Waals surface area (Å²) in [5.74, 6) is -4.03. The van der Waals surface area contributed by atoms with Crippen LogP contribution in [0.15, 0.2) is 70.8 Å². The summed E-state index contributed by atoms with van der Waals surface area (Å²) in [7, 11) is 0. The van der Waals surface area contributed by atoms with E-state index in [2.05, 4.69) is 10.6 Å². The summed E-state index contributed by atoms with van der Waals surface area (Å²) < 4.78 is 11.6. The Morgan fingerprint density at radius 3 is 1.14 bits per heavy atom. The number of carboxylic acids is 4. The van der Waals surface area contributed by atoms with Gasteiger partial charge in [-0.2, -0.15) is 0 Å². The molecule has 12 nitrogen and oxygen atoms in total. The van der Waals surface area contributed by atoms with Crippen LogP contribution < -0.4 is 20.1 Å². The van der Waals surface area contributed by atoms with Gasteiger partial charge in [0.2, 0.25) is 0 Å². The molecule has 2 aliphatic heterocycles. The Morgan fingerprint density at radius 1 is 0.600 bits per heavy atom. The number of ether oxygens (including phenoxy) is 2. The number of hydrogen-bond acceptors (Lipinski definition) is 8. The number of carboxylic acid groups (broad SMARTS) is 4. The van der Waals surface area contributed by atoms with Gasteiger partial charge in [-0.05, 0) is 73.2 Å². The molecule has 0 spiro atoms. The van der Waals surface area contributed by atoms with Gasteiger partial charge in [0.05, 0.1) is 22.3 Å². The summed E-state index contributed by atoms with van der Waals surface area (Å²) in [5, 5.41) is 43.8. The molecule has 262 valence electrons. The van der Waals surface area contributed by atoms with Crippen LogP contribution in [-0.4, -0.2) is 142 Å². The van der Waals surface area contributed by atoms with E-state index in [4.69, 9.17) is 9.47 Å². The fourth-order valence-corrected chi connectivity index (χ4v) is 5.64. The van der Waals surface area contributed by atoms with Crippen LogP contribution in [-0.2, 0) is 32.0 Å². The van der Waals surface area contributed by atoms with Crippen LogP contribution in [0.5, 0.6) is 11.5 Å². The van der Waals surface area contributed by atoms with E-state index in [0.717, 1.165) is 61.6 Å². The van der Waals surface area contributed by atoms with Crippen molar-refractivity contribution < 1.29 is 49.1 Å². The van der Waals surface area contributed by atoms with Gasteiger partial charge in [-0.15, -0.1) is 0 Å². The molecule has 0 aromatic heterocycles. The molecule has 2 atom stereocenters. The van der Waals surface area contributed by atoms with Gasteiger partial charge < -0.3 is 40.5 Å². The normalized spacial score (nSPS) is 17.6. The first-order valence-corrected chi connectivity index (χ1v) is 16.1. The van der Waals surface area contributed by atoms with Gasteiger partial charge in [-0.1, -0.05) is 52.0 Å². The summed E-state index contributed by atoms with van der Waals surface area (Å²) >= 11 is 0. The van der Waals surface area contributed by atoms with E-state index in [1.807, 2.05) is 0 Å². The van der Waals surface area contributed by atoms with Crippen molar-refractivity contribution in [2.75, 3.05) is 26.2 Å². The first kappa shape index (κ1) is 45.3. The molecular weight excluding hydrogens is 666 g/mol. The van der Waals surface area contributed by atoms with Crippen LogP contribution in [0, 0.1) is 11.8 Å². The molecule has 0 amide bonds. The minimum absolute atomic E-state index is 0. The summed E-state index contributed by atoms with van der Waals surface area (Å²) in [6.07, 6.45) is 2.38. The Hall–Kier alpha value is -2.68. The Balaban J connectivity index is 0.000000481. The molecule has 2 aromatic rings. The quantitative estimate of drug-likeness (QED) is 0.124. The number of benzene rings is 2. The van der Waals surface area contributed by atoms with Gasteiger partial charge in [0.15, 0.2) is 0 Å². The smallest absolute Gasteiger partial charge is 0.332 e. The van der Waals surface area contributed by atoms with Gasteiger partial charge in [0.1, 0.15) is 23.7 Å². The number of rotatable bonds is 14. The molecule has 2 heterocycles. The summed E-state index contributed by atoms with van der Waals surface area (Å²) in [5.41, 5.74) is 1.21. The number of carbonyl (C=O) groups is 4. The predicted octanol–water partition coefficient (Wildman–Crippen LogP) is 3.42. The molecule has 14 heteroatoms. The third-order valence-corrected chi connectivity index (χ3v) is 8.03. The van der Waals surface area contributed by atoms with Crippen molar-refractivity contribution in [1.82, 2.24) is 10.6 Å². The van der Waals surface area contributed by atoms with Crippen molar-refractivity contribution in [1.29, 1.82) is 0 Å². The molecule has 2 fully saturated rings. The molecule has 2 aromatic carbocycles. The SMILES string of the molecule is CC(C)/C(C(=O)O)=C(\Cc1ccc(OC2CCNC2)cc1)C(=O)O.CC(C)/C(C(=O)O)=C(\Cc1ccc(OC2CCNC2)cc1)C(=O)O.[Na].[Na]. The van der Waals surface area contributed by atoms with Crippen LogP contribution in [0.25, 0.3) is 0 Å². The zero-order chi connectivity index (χ0) is 35.4. The fraction of sp³-hybridized carbons (Fsp3) is 0.444. The molecule has 6 N–H and O–H groups in total. The summed E-state index contributed by atoms with van der Waals surface area (Å²) in [6, 6.07) is 14.3. The van der Waals surface area contributed by atoms with E-state index in [-0.39, 0.29) is 118 Å². The maximum Gasteiger partial charge on any atom is 0.332 e. The van der Waals surface area contributed by atoms with Gasteiger partial charge in [0.25, 0.3) is 0 Å². The number of aliphatic carboxylic acids is 4. The van der Waals surface area contributed by atoms with Crippen LogP contribution in [0.4, 0.5) is 0 Å². The Bertz CT molecular complexity index is 1380. The zero-order valence-electron chi connectivity index (χ0n) is 29.8. The summed E-state index contributed by atoms with van der Waals surface area (Å²) in [6.45, 7) is 10.3. The number of hydrogen-bond donors (Lipinski definition) is 6. The van der Waals surface area contributed by atoms with Crippen LogP contribution in [0.3, 0.4) is 0 Å². The maximum absolute atomic E-state index is 11.5. The Morgan fingerprint density at radius 2 is 0.920 bits per heavy atom. The van der Waals surface area contributed by atoms with E-state index >= 15 is 0 Å². The molecule has 0 saturated carbocycles. The standard InChI is InChI=1S/2C18H23NO5.2Na/c2*1-11(2)16(18(22)23)15(17(20)21)9-12-3-5-13(6-4-12)24-14-7-8-19-10-14;;/h2*3-6,11,14,19H,7-10H2,1-2H3,(H,20,21)(H,22,23);;/b2*16-15-;;. The van der Waals surface area contributed by atoms with Crippen LogP contribution in [0.2, 0.25) is 0 Å². The second-order valence-electron chi connectivity index (χ2n) is 12.4. The van der Waals surface area contributed by atoms with Gasteiger partial charge in [0, 0.05) is 85.0 Å². The summed E-state index contributed by atoms with van der Waals surface area (Å²) in [4.78, 5) is 45.8. The average Bonchev–Trinajstić information content (AvgIpc) is 3.72. The second kappa shape index (κ2) is 22.3. The zero-order valence-corrected chi connectivity index (χ0v) is 33.8. The van der Waals surface area contributed by atoms with Crippen molar-refractivity contribution >= 4 is 83.0 Å². The number of nitrogens with one attached hydrogen (secondary N) is 2. The van der Waals surface area contributed by atoms with Crippen molar-refractivity contribution in [2.45, 2.75) is 65.6 Å². The van der Waals surface area contributed by atoms with Gasteiger partial charge in [-0.25, -0.2) is 19.2 Å². The molecule has 2 saturated heterocycles. The molecule has 2 unspecified atom stereocenters. The molecule has 0 bridgehead atoms. The maximum atomic E-state index is 11.5. The van der Waals surface area contributed by atoms with E-state index < -0.39 is 23.9 Å². The van der Waals surface area contributed by atoms with Crippen LogP contribution in [0.1, 0.15) is 51.7 Å². The third-order valence-electron chi connectivity index (χ3n) is 8.03. The van der Waals surface area contributed by atoms with E-state index in [1.165, 1.54) is 0 Å². The largest absolute Gasteiger partial charge is 0.489 e. The van der Waals surface area contributed by atoms with Crippen molar-refractivity contribution in [2.24, 2.45) is 11.8 Å². The first-order valence-electron chi connectivity index (χ1n) is 16.1. The van der Waals surface area contributed by atoms with E-state index in [1.54, 1.807) is 76.2 Å². The third kappa shape index (κ3) is 14.1.